The lowest BCUT2D eigenvalue weighted by Crippen LogP contribution is -2.33. The van der Waals surface area contributed by atoms with E-state index >= 15 is 0 Å². The van der Waals surface area contributed by atoms with Crippen LogP contribution in [0.1, 0.15) is 34.6 Å². The van der Waals surface area contributed by atoms with Crippen LogP contribution in [0.5, 0.6) is 0 Å². The molecule has 3 rings (SSSR count). The van der Waals surface area contributed by atoms with Crippen molar-refractivity contribution >= 4 is 35.1 Å². The van der Waals surface area contributed by atoms with Crippen molar-refractivity contribution in [1.29, 1.82) is 0 Å². The Morgan fingerprint density at radius 1 is 0.867 bits per heavy atom. The standard InChI is InChI=1S/C22H20N2O6/c1-3-29-21(27)14-9-5-7-11-16(14)23-17-13-19(25)24(20(17)26)18-12-8-6-10-15(18)22(28)30-4-2/h5-13,23H,3-4H2,1-2H3. The Kier molecular flexibility index (Phi) is 6.26. The first-order valence-corrected chi connectivity index (χ1v) is 9.37. The van der Waals surface area contributed by atoms with Gasteiger partial charge in [0.05, 0.1) is 35.7 Å². The number of amides is 2. The molecular weight excluding hydrogens is 388 g/mol. The number of carbonyl (C=O) groups is 4. The molecule has 0 aliphatic carbocycles. The Hall–Kier alpha value is -3.94. The monoisotopic (exact) mass is 408 g/mol. The van der Waals surface area contributed by atoms with Gasteiger partial charge in [0.25, 0.3) is 11.8 Å². The zero-order chi connectivity index (χ0) is 21.7. The molecule has 1 heterocycles. The molecule has 0 atom stereocenters. The molecule has 30 heavy (non-hydrogen) atoms. The summed E-state index contributed by atoms with van der Waals surface area (Å²) in [4.78, 5) is 50.8. The van der Waals surface area contributed by atoms with Gasteiger partial charge in [-0.3, -0.25) is 9.59 Å². The molecule has 0 radical (unpaired) electrons. The number of carbonyl (C=O) groups excluding carboxylic acids is 4. The zero-order valence-electron chi connectivity index (χ0n) is 16.5. The van der Waals surface area contributed by atoms with Crippen LogP contribution in [-0.2, 0) is 19.1 Å². The van der Waals surface area contributed by atoms with Crippen molar-refractivity contribution in [3.8, 4) is 0 Å². The van der Waals surface area contributed by atoms with E-state index in [2.05, 4.69) is 5.32 Å². The van der Waals surface area contributed by atoms with E-state index < -0.39 is 23.8 Å². The topological polar surface area (TPSA) is 102 Å². The number of benzene rings is 2. The van der Waals surface area contributed by atoms with Gasteiger partial charge in [-0.2, -0.15) is 0 Å². The molecule has 0 unspecified atom stereocenters. The van der Waals surface area contributed by atoms with Gasteiger partial charge in [0.1, 0.15) is 5.70 Å². The summed E-state index contributed by atoms with van der Waals surface area (Å²) in [5.41, 5.74) is 0.741. The molecule has 0 saturated carbocycles. The fraction of sp³-hybridized carbons (Fsp3) is 0.182. The van der Waals surface area contributed by atoms with Gasteiger partial charge < -0.3 is 14.8 Å². The second-order valence-electron chi connectivity index (χ2n) is 6.17. The first kappa shape index (κ1) is 20.8. The van der Waals surface area contributed by atoms with Crippen molar-refractivity contribution in [2.45, 2.75) is 13.8 Å². The van der Waals surface area contributed by atoms with Crippen LogP contribution in [0, 0.1) is 0 Å². The number of para-hydroxylation sites is 2. The van der Waals surface area contributed by atoms with E-state index in [0.717, 1.165) is 11.0 Å². The normalized spacial score (nSPS) is 13.1. The van der Waals surface area contributed by atoms with Crippen LogP contribution >= 0.6 is 0 Å². The molecule has 0 saturated heterocycles. The number of imide groups is 1. The van der Waals surface area contributed by atoms with Gasteiger partial charge in [0, 0.05) is 6.08 Å². The van der Waals surface area contributed by atoms with Crippen molar-refractivity contribution in [3.63, 3.8) is 0 Å². The quantitative estimate of drug-likeness (QED) is 0.555. The Bertz CT molecular complexity index is 1040. The molecular formula is C22H20N2O6. The predicted octanol–water partition coefficient (Wildman–Crippen LogP) is 2.91. The number of nitrogens with one attached hydrogen (secondary N) is 1. The average molecular weight is 408 g/mol. The Labute approximate surface area is 173 Å². The minimum absolute atomic E-state index is 0.0320. The third-order valence-corrected chi connectivity index (χ3v) is 4.25. The molecule has 0 fully saturated rings. The van der Waals surface area contributed by atoms with Gasteiger partial charge in [-0.25, -0.2) is 14.5 Å². The summed E-state index contributed by atoms with van der Waals surface area (Å²) >= 11 is 0. The van der Waals surface area contributed by atoms with Crippen molar-refractivity contribution in [1.82, 2.24) is 0 Å². The molecule has 8 heteroatoms. The lowest BCUT2D eigenvalue weighted by Gasteiger charge is -2.18. The van der Waals surface area contributed by atoms with Gasteiger partial charge >= 0.3 is 11.9 Å². The van der Waals surface area contributed by atoms with Gasteiger partial charge in [-0.1, -0.05) is 24.3 Å². The highest BCUT2D eigenvalue weighted by Crippen LogP contribution is 2.28. The zero-order valence-corrected chi connectivity index (χ0v) is 16.5. The van der Waals surface area contributed by atoms with E-state index in [0.29, 0.717) is 5.69 Å². The van der Waals surface area contributed by atoms with Crippen LogP contribution in [0.15, 0.2) is 60.3 Å². The van der Waals surface area contributed by atoms with E-state index in [1.54, 1.807) is 50.2 Å². The maximum Gasteiger partial charge on any atom is 0.340 e. The van der Waals surface area contributed by atoms with E-state index in [1.165, 1.54) is 12.1 Å². The second kappa shape index (κ2) is 9.04. The maximum absolute atomic E-state index is 13.0. The fourth-order valence-electron chi connectivity index (χ4n) is 2.96. The average Bonchev–Trinajstić information content (AvgIpc) is 3.01. The first-order valence-electron chi connectivity index (χ1n) is 9.37. The number of ether oxygens (including phenoxy) is 2. The number of esters is 2. The summed E-state index contributed by atoms with van der Waals surface area (Å²) < 4.78 is 10.0. The van der Waals surface area contributed by atoms with Crippen molar-refractivity contribution < 1.29 is 28.7 Å². The molecule has 0 bridgehead atoms. The van der Waals surface area contributed by atoms with Crippen LogP contribution in [0.3, 0.4) is 0 Å². The van der Waals surface area contributed by atoms with Gasteiger partial charge in [-0.15, -0.1) is 0 Å². The minimum Gasteiger partial charge on any atom is -0.462 e. The summed E-state index contributed by atoms with van der Waals surface area (Å²) in [5, 5.41) is 2.83. The number of hydrogen-bond donors (Lipinski definition) is 1. The van der Waals surface area contributed by atoms with Crippen molar-refractivity contribution in [2.75, 3.05) is 23.4 Å². The fourth-order valence-corrected chi connectivity index (χ4v) is 2.96. The lowest BCUT2D eigenvalue weighted by atomic mass is 10.1. The largest absolute Gasteiger partial charge is 0.462 e. The van der Waals surface area contributed by atoms with E-state index in [1.807, 2.05) is 0 Å². The highest BCUT2D eigenvalue weighted by atomic mass is 16.5. The molecule has 8 nitrogen and oxygen atoms in total. The Balaban J connectivity index is 1.90. The van der Waals surface area contributed by atoms with E-state index in [-0.39, 0.29) is 35.7 Å². The van der Waals surface area contributed by atoms with Crippen LogP contribution in [0.4, 0.5) is 11.4 Å². The highest BCUT2D eigenvalue weighted by molar-refractivity contribution is 6.32. The molecule has 1 N–H and O–H groups in total. The first-order chi connectivity index (χ1) is 14.5. The molecule has 2 amide bonds. The van der Waals surface area contributed by atoms with Crippen LogP contribution < -0.4 is 10.2 Å². The maximum atomic E-state index is 13.0. The Morgan fingerprint density at radius 2 is 1.43 bits per heavy atom. The molecule has 1 aliphatic heterocycles. The van der Waals surface area contributed by atoms with Crippen LogP contribution in [0.2, 0.25) is 0 Å². The molecule has 0 aromatic heterocycles. The SMILES string of the molecule is CCOC(=O)c1ccccc1NC1=CC(=O)N(c2ccccc2C(=O)OCC)C1=O. The number of rotatable bonds is 7. The Morgan fingerprint density at radius 3 is 2.10 bits per heavy atom. The molecule has 2 aromatic carbocycles. The molecule has 0 spiro atoms. The summed E-state index contributed by atoms with van der Waals surface area (Å²) in [6.45, 7) is 3.71. The van der Waals surface area contributed by atoms with Gasteiger partial charge in [-0.05, 0) is 38.1 Å². The number of anilines is 2. The third-order valence-electron chi connectivity index (χ3n) is 4.25. The summed E-state index contributed by atoms with van der Waals surface area (Å²) in [5.74, 6) is -2.46. The van der Waals surface area contributed by atoms with E-state index in [4.69, 9.17) is 9.47 Å². The van der Waals surface area contributed by atoms with Crippen LogP contribution in [-0.4, -0.2) is 37.0 Å². The molecule has 1 aliphatic rings. The van der Waals surface area contributed by atoms with Crippen molar-refractivity contribution in [3.05, 3.63) is 71.4 Å². The summed E-state index contributed by atoms with van der Waals surface area (Å²) in [7, 11) is 0. The summed E-state index contributed by atoms with van der Waals surface area (Å²) in [6, 6.07) is 12.7. The predicted molar refractivity (Wildman–Crippen MR) is 109 cm³/mol. The summed E-state index contributed by atoms with van der Waals surface area (Å²) in [6.07, 6.45) is 1.12. The minimum atomic E-state index is -0.657. The van der Waals surface area contributed by atoms with Crippen LogP contribution in [0.25, 0.3) is 0 Å². The number of hydrogen-bond acceptors (Lipinski definition) is 7. The van der Waals surface area contributed by atoms with Gasteiger partial charge in [0.15, 0.2) is 0 Å². The lowest BCUT2D eigenvalue weighted by molar-refractivity contribution is -0.120. The van der Waals surface area contributed by atoms with Gasteiger partial charge in [0.2, 0.25) is 0 Å². The third kappa shape index (κ3) is 4.07. The molecule has 154 valence electrons. The number of nitrogens with zero attached hydrogens (tertiary/aromatic N) is 1. The van der Waals surface area contributed by atoms with Crippen molar-refractivity contribution in [2.24, 2.45) is 0 Å². The van der Waals surface area contributed by atoms with E-state index in [9.17, 15) is 19.2 Å². The molecule has 2 aromatic rings. The second-order valence-corrected chi connectivity index (χ2v) is 6.17. The smallest absolute Gasteiger partial charge is 0.340 e. The highest BCUT2D eigenvalue weighted by Gasteiger charge is 2.35.